The van der Waals surface area contributed by atoms with Crippen LogP contribution in [0.25, 0.3) is 0 Å². The Labute approximate surface area is 145 Å². The topological polar surface area (TPSA) is 108 Å². The molecule has 0 saturated heterocycles. The van der Waals surface area contributed by atoms with Crippen LogP contribution in [0.2, 0.25) is 0 Å². The fraction of sp³-hybridized carbons (Fsp3) is 0.500. The summed E-state index contributed by atoms with van der Waals surface area (Å²) in [5.74, 6) is -0.574. The van der Waals surface area contributed by atoms with Crippen LogP contribution in [0.3, 0.4) is 0 Å². The van der Waals surface area contributed by atoms with Crippen LogP contribution >= 0.6 is 0 Å². The van der Waals surface area contributed by atoms with Crippen molar-refractivity contribution in [3.05, 3.63) is 39.8 Å². The van der Waals surface area contributed by atoms with Crippen molar-refractivity contribution in [2.24, 2.45) is 0 Å². The Hall–Kier alpha value is -2.92. The normalized spacial score (nSPS) is 11.5. The molecule has 1 N–H and O–H groups in total. The fourth-order valence-corrected chi connectivity index (χ4v) is 2.21. The largest absolute Gasteiger partial charge is 0.435 e. The van der Waals surface area contributed by atoms with Crippen molar-refractivity contribution in [1.82, 2.24) is 24.9 Å². The van der Waals surface area contributed by atoms with Gasteiger partial charge in [-0.25, -0.2) is 0 Å². The number of nitrogens with one attached hydrogen (secondary N) is 1. The van der Waals surface area contributed by atoms with Crippen molar-refractivity contribution in [3.8, 4) is 0 Å². The molecule has 0 fully saturated rings. The minimum absolute atomic E-state index is 0.0812. The number of hydrogen-bond acceptors (Lipinski definition) is 5. The third-order valence-corrected chi connectivity index (χ3v) is 3.52. The van der Waals surface area contributed by atoms with Gasteiger partial charge in [0, 0.05) is 25.2 Å². The quantitative estimate of drug-likeness (QED) is 0.431. The van der Waals surface area contributed by atoms with Gasteiger partial charge < -0.3 is 15.4 Å². The average Bonchev–Trinajstić information content (AvgIpc) is 3.16. The molecule has 0 saturated carbocycles. The number of alkyl halides is 3. The summed E-state index contributed by atoms with van der Waals surface area (Å²) in [5.41, 5.74) is -0.545. The zero-order chi connectivity index (χ0) is 19.3. The summed E-state index contributed by atoms with van der Waals surface area (Å²) in [6.07, 6.45) is -2.58. The van der Waals surface area contributed by atoms with Crippen LogP contribution in [-0.2, 0) is 24.1 Å². The molecule has 0 aliphatic rings. The number of halogens is 3. The predicted molar refractivity (Wildman–Crippen MR) is 83.1 cm³/mol. The number of amides is 1. The molecular formula is C14H17F3N6O3. The molecule has 2 rings (SSSR count). The van der Waals surface area contributed by atoms with Gasteiger partial charge in [0.15, 0.2) is 5.69 Å². The van der Waals surface area contributed by atoms with Crippen LogP contribution in [0.15, 0.2) is 18.3 Å². The van der Waals surface area contributed by atoms with Gasteiger partial charge in [-0.15, -0.1) is 0 Å². The first-order chi connectivity index (χ1) is 12.2. The summed E-state index contributed by atoms with van der Waals surface area (Å²) in [6.45, 7) is 2.24. The maximum Gasteiger partial charge on any atom is 0.435 e. The van der Waals surface area contributed by atoms with E-state index in [-0.39, 0.29) is 37.8 Å². The molecule has 9 nitrogen and oxygen atoms in total. The molecular weight excluding hydrogens is 357 g/mol. The Balaban J connectivity index is 1.70. The minimum atomic E-state index is -4.48. The summed E-state index contributed by atoms with van der Waals surface area (Å²) < 4.78 is 40.2. The van der Waals surface area contributed by atoms with E-state index in [1.807, 2.05) is 0 Å². The first-order valence-electron chi connectivity index (χ1n) is 7.73. The van der Waals surface area contributed by atoms with Gasteiger partial charge in [-0.05, 0) is 24.3 Å². The van der Waals surface area contributed by atoms with E-state index in [2.05, 4.69) is 15.5 Å². The molecule has 0 aromatic carbocycles. The Morgan fingerprint density at radius 1 is 1.35 bits per heavy atom. The first kappa shape index (κ1) is 19.4. The summed E-state index contributed by atoms with van der Waals surface area (Å²) in [5, 5.41) is 20.3. The fourth-order valence-electron chi connectivity index (χ4n) is 2.21. The molecule has 26 heavy (non-hydrogen) atoms. The smallest absolute Gasteiger partial charge is 0.358 e. The van der Waals surface area contributed by atoms with Crippen LogP contribution < -0.4 is 5.32 Å². The van der Waals surface area contributed by atoms with Crippen molar-refractivity contribution < 1.29 is 22.9 Å². The van der Waals surface area contributed by atoms with E-state index in [0.717, 1.165) is 6.07 Å². The van der Waals surface area contributed by atoms with Crippen molar-refractivity contribution in [1.29, 1.82) is 0 Å². The van der Waals surface area contributed by atoms with Gasteiger partial charge in [-0.1, -0.05) is 0 Å². The van der Waals surface area contributed by atoms with Gasteiger partial charge >= 0.3 is 12.0 Å². The summed E-state index contributed by atoms with van der Waals surface area (Å²) in [6, 6.07) is 2.21. The summed E-state index contributed by atoms with van der Waals surface area (Å²) in [4.78, 5) is 21.6. The van der Waals surface area contributed by atoms with Gasteiger partial charge in [-0.2, -0.15) is 23.0 Å². The highest BCUT2D eigenvalue weighted by Gasteiger charge is 2.34. The lowest BCUT2D eigenvalue weighted by atomic mass is 10.3. The van der Waals surface area contributed by atoms with Gasteiger partial charge in [-0.3, -0.25) is 9.48 Å². The highest BCUT2D eigenvalue weighted by atomic mass is 19.4. The van der Waals surface area contributed by atoms with Crippen LogP contribution in [0, 0.1) is 17.0 Å². The number of aryl methyl sites for hydroxylation is 3. The molecule has 0 aliphatic heterocycles. The number of carbonyl (C=O) groups excluding carboxylic acids is 1. The number of rotatable bonds is 8. The number of hydrogen-bond donors (Lipinski definition) is 1. The van der Waals surface area contributed by atoms with Crippen molar-refractivity contribution >= 4 is 11.7 Å². The number of carbonyl (C=O) groups is 1. The van der Waals surface area contributed by atoms with Crippen molar-refractivity contribution in [3.63, 3.8) is 0 Å². The van der Waals surface area contributed by atoms with Crippen LogP contribution in [-0.4, -0.2) is 36.9 Å². The zero-order valence-corrected chi connectivity index (χ0v) is 13.9. The molecule has 1 amide bonds. The lowest BCUT2D eigenvalue weighted by Crippen LogP contribution is -2.26. The van der Waals surface area contributed by atoms with E-state index in [1.54, 1.807) is 0 Å². The highest BCUT2D eigenvalue weighted by molar-refractivity contribution is 5.75. The van der Waals surface area contributed by atoms with Crippen LogP contribution in [0.1, 0.15) is 24.2 Å². The van der Waals surface area contributed by atoms with E-state index in [0.29, 0.717) is 12.1 Å². The molecule has 2 aromatic rings. The van der Waals surface area contributed by atoms with Gasteiger partial charge in [0.2, 0.25) is 5.91 Å². The Morgan fingerprint density at radius 3 is 2.65 bits per heavy atom. The van der Waals surface area contributed by atoms with Crippen LogP contribution in [0.4, 0.5) is 19.0 Å². The molecule has 2 heterocycles. The second-order valence-electron chi connectivity index (χ2n) is 5.54. The van der Waals surface area contributed by atoms with E-state index < -0.39 is 16.8 Å². The standard InChI is InChI=1S/C14H17F3N6O3/c1-10-9-11(14(15,16)17)19-22(10)6-2-5-18-13(24)4-8-21-7-3-12(20-21)23(25)26/h3,7,9H,2,4-6,8H2,1H3,(H,18,24). The second kappa shape index (κ2) is 7.97. The second-order valence-corrected chi connectivity index (χ2v) is 5.54. The van der Waals surface area contributed by atoms with Crippen molar-refractivity contribution in [2.75, 3.05) is 6.54 Å². The van der Waals surface area contributed by atoms with Gasteiger partial charge in [0.25, 0.3) is 0 Å². The zero-order valence-electron chi connectivity index (χ0n) is 13.9. The average molecular weight is 374 g/mol. The molecule has 12 heteroatoms. The number of aromatic nitrogens is 4. The minimum Gasteiger partial charge on any atom is -0.358 e. The Kier molecular flexibility index (Phi) is 5.95. The Morgan fingerprint density at radius 2 is 2.08 bits per heavy atom. The number of nitro groups is 1. The maximum atomic E-state index is 12.6. The third-order valence-electron chi connectivity index (χ3n) is 3.52. The monoisotopic (exact) mass is 374 g/mol. The van der Waals surface area contributed by atoms with Gasteiger partial charge in [0.1, 0.15) is 0 Å². The first-order valence-corrected chi connectivity index (χ1v) is 7.73. The van der Waals surface area contributed by atoms with Crippen LogP contribution in [0.5, 0.6) is 0 Å². The molecule has 2 aromatic heterocycles. The Bertz CT molecular complexity index is 783. The SMILES string of the molecule is Cc1cc(C(F)(F)F)nn1CCCNC(=O)CCn1ccc([N+](=O)[O-])n1. The van der Waals surface area contributed by atoms with Gasteiger partial charge in [0.05, 0.1) is 23.9 Å². The van der Waals surface area contributed by atoms with E-state index >= 15 is 0 Å². The number of nitrogens with zero attached hydrogens (tertiary/aromatic N) is 5. The molecule has 0 radical (unpaired) electrons. The summed E-state index contributed by atoms with van der Waals surface area (Å²) in [7, 11) is 0. The van der Waals surface area contributed by atoms with Crippen molar-refractivity contribution in [2.45, 2.75) is 39.0 Å². The predicted octanol–water partition coefficient (Wildman–Crippen LogP) is 1.91. The molecule has 142 valence electrons. The molecule has 0 aliphatic carbocycles. The lowest BCUT2D eigenvalue weighted by molar-refractivity contribution is -0.389. The third kappa shape index (κ3) is 5.29. The molecule has 0 unspecified atom stereocenters. The molecule has 0 spiro atoms. The van der Waals surface area contributed by atoms with E-state index in [4.69, 9.17) is 0 Å². The van der Waals surface area contributed by atoms with E-state index in [9.17, 15) is 28.1 Å². The lowest BCUT2D eigenvalue weighted by Gasteiger charge is -2.06. The summed E-state index contributed by atoms with van der Waals surface area (Å²) >= 11 is 0. The molecule has 0 atom stereocenters. The maximum absolute atomic E-state index is 12.6. The molecule has 0 bridgehead atoms. The van der Waals surface area contributed by atoms with E-state index in [1.165, 1.54) is 28.6 Å². The highest BCUT2D eigenvalue weighted by Crippen LogP contribution is 2.28.